The Morgan fingerprint density at radius 2 is 1.95 bits per heavy atom. The van der Waals surface area contributed by atoms with Gasteiger partial charge in [0.25, 0.3) is 0 Å². The number of rotatable bonds is 4. The standard InChI is InChI=1S/C17H17ClFNO/c1-21-17-5-3-2-4-14(17)11-8-13(9-11)20-16-7-6-12(19)10-15(16)18/h2-7,10-11,13,20H,8-9H2,1H3. The molecular formula is C17H17ClFNO. The molecule has 1 aliphatic rings. The van der Waals surface area contributed by atoms with Gasteiger partial charge >= 0.3 is 0 Å². The monoisotopic (exact) mass is 305 g/mol. The molecule has 0 spiro atoms. The smallest absolute Gasteiger partial charge is 0.124 e. The van der Waals surface area contributed by atoms with Crippen LogP contribution in [0.15, 0.2) is 42.5 Å². The van der Waals surface area contributed by atoms with Gasteiger partial charge in [0, 0.05) is 6.04 Å². The maximum absolute atomic E-state index is 13.0. The number of anilines is 1. The number of para-hydroxylation sites is 1. The maximum Gasteiger partial charge on any atom is 0.124 e. The van der Waals surface area contributed by atoms with E-state index >= 15 is 0 Å². The SMILES string of the molecule is COc1ccccc1C1CC(Nc2ccc(F)cc2Cl)C1. The van der Waals surface area contributed by atoms with Crippen molar-refractivity contribution in [3.05, 3.63) is 58.9 Å². The highest BCUT2D eigenvalue weighted by Gasteiger charge is 2.32. The van der Waals surface area contributed by atoms with Crippen molar-refractivity contribution in [1.29, 1.82) is 0 Å². The van der Waals surface area contributed by atoms with Gasteiger partial charge in [0.15, 0.2) is 0 Å². The number of ether oxygens (including phenoxy) is 1. The summed E-state index contributed by atoms with van der Waals surface area (Å²) < 4.78 is 18.4. The van der Waals surface area contributed by atoms with Crippen LogP contribution in [0.25, 0.3) is 0 Å². The summed E-state index contributed by atoms with van der Waals surface area (Å²) in [7, 11) is 1.70. The van der Waals surface area contributed by atoms with E-state index in [2.05, 4.69) is 11.4 Å². The van der Waals surface area contributed by atoms with Gasteiger partial charge in [-0.3, -0.25) is 0 Å². The Morgan fingerprint density at radius 1 is 1.19 bits per heavy atom. The van der Waals surface area contributed by atoms with E-state index in [9.17, 15) is 4.39 Å². The average molecular weight is 306 g/mol. The largest absolute Gasteiger partial charge is 0.496 e. The fourth-order valence-electron chi connectivity index (χ4n) is 2.82. The van der Waals surface area contributed by atoms with Gasteiger partial charge in [0.2, 0.25) is 0 Å². The minimum atomic E-state index is -0.314. The normalized spacial score (nSPS) is 20.7. The number of nitrogens with one attached hydrogen (secondary N) is 1. The van der Waals surface area contributed by atoms with E-state index < -0.39 is 0 Å². The second kappa shape index (κ2) is 5.94. The summed E-state index contributed by atoms with van der Waals surface area (Å²) in [6.07, 6.45) is 2.04. The minimum Gasteiger partial charge on any atom is -0.496 e. The highest BCUT2D eigenvalue weighted by Crippen LogP contribution is 2.42. The third kappa shape index (κ3) is 2.98. The Balaban J connectivity index is 1.63. The van der Waals surface area contributed by atoms with Crippen molar-refractivity contribution in [3.8, 4) is 5.75 Å². The quantitative estimate of drug-likeness (QED) is 0.872. The van der Waals surface area contributed by atoms with Gasteiger partial charge in [-0.05, 0) is 48.6 Å². The van der Waals surface area contributed by atoms with Crippen LogP contribution in [0.3, 0.4) is 0 Å². The average Bonchev–Trinajstić information content (AvgIpc) is 2.44. The van der Waals surface area contributed by atoms with Crippen LogP contribution in [0, 0.1) is 5.82 Å². The van der Waals surface area contributed by atoms with Crippen LogP contribution >= 0.6 is 11.6 Å². The van der Waals surface area contributed by atoms with Crippen molar-refractivity contribution in [2.45, 2.75) is 24.8 Å². The van der Waals surface area contributed by atoms with E-state index in [1.54, 1.807) is 13.2 Å². The molecule has 0 bridgehead atoms. The molecule has 3 rings (SSSR count). The van der Waals surface area contributed by atoms with E-state index in [0.29, 0.717) is 17.0 Å². The van der Waals surface area contributed by atoms with Gasteiger partial charge in [-0.15, -0.1) is 0 Å². The van der Waals surface area contributed by atoms with Crippen LogP contribution in [-0.2, 0) is 0 Å². The van der Waals surface area contributed by atoms with E-state index in [1.165, 1.54) is 17.7 Å². The molecule has 21 heavy (non-hydrogen) atoms. The fourth-order valence-corrected chi connectivity index (χ4v) is 3.04. The lowest BCUT2D eigenvalue weighted by Gasteiger charge is -2.37. The van der Waals surface area contributed by atoms with E-state index in [1.807, 2.05) is 18.2 Å². The molecule has 0 aromatic heterocycles. The Labute approximate surface area is 128 Å². The molecular weight excluding hydrogens is 289 g/mol. The van der Waals surface area contributed by atoms with Crippen molar-refractivity contribution < 1.29 is 9.13 Å². The third-order valence-electron chi connectivity index (χ3n) is 4.01. The number of hydrogen-bond donors (Lipinski definition) is 1. The van der Waals surface area contributed by atoms with Crippen molar-refractivity contribution in [2.75, 3.05) is 12.4 Å². The van der Waals surface area contributed by atoms with E-state index in [4.69, 9.17) is 16.3 Å². The lowest BCUT2D eigenvalue weighted by atomic mass is 9.75. The molecule has 1 saturated carbocycles. The summed E-state index contributed by atoms with van der Waals surface area (Å²) >= 11 is 6.03. The molecule has 1 N–H and O–H groups in total. The number of halogens is 2. The van der Waals surface area contributed by atoms with Gasteiger partial charge in [0.1, 0.15) is 11.6 Å². The first-order chi connectivity index (χ1) is 10.2. The lowest BCUT2D eigenvalue weighted by molar-refractivity contribution is 0.350. The van der Waals surface area contributed by atoms with Crippen LogP contribution in [0.4, 0.5) is 10.1 Å². The fraction of sp³-hybridized carbons (Fsp3) is 0.294. The van der Waals surface area contributed by atoms with Crippen molar-refractivity contribution >= 4 is 17.3 Å². The molecule has 2 aromatic carbocycles. The molecule has 110 valence electrons. The van der Waals surface area contributed by atoms with E-state index in [-0.39, 0.29) is 5.82 Å². The van der Waals surface area contributed by atoms with Gasteiger partial charge in [-0.25, -0.2) is 4.39 Å². The molecule has 1 aliphatic carbocycles. The molecule has 4 heteroatoms. The van der Waals surface area contributed by atoms with E-state index in [0.717, 1.165) is 24.3 Å². The predicted octanol–water partition coefficient (Wildman–Crippen LogP) is 4.85. The zero-order valence-electron chi connectivity index (χ0n) is 11.8. The summed E-state index contributed by atoms with van der Waals surface area (Å²) in [5.74, 6) is 1.13. The molecule has 0 aliphatic heterocycles. The molecule has 0 atom stereocenters. The predicted molar refractivity (Wildman–Crippen MR) is 83.8 cm³/mol. The van der Waals surface area contributed by atoms with Gasteiger partial charge in [-0.1, -0.05) is 29.8 Å². The van der Waals surface area contributed by atoms with Gasteiger partial charge in [0.05, 0.1) is 17.8 Å². The van der Waals surface area contributed by atoms with Crippen LogP contribution in [0.5, 0.6) is 5.75 Å². The van der Waals surface area contributed by atoms with Crippen LogP contribution < -0.4 is 10.1 Å². The summed E-state index contributed by atoms with van der Waals surface area (Å²) in [5.41, 5.74) is 2.05. The van der Waals surface area contributed by atoms with Gasteiger partial charge < -0.3 is 10.1 Å². The van der Waals surface area contributed by atoms with Crippen molar-refractivity contribution in [1.82, 2.24) is 0 Å². The Hall–Kier alpha value is -1.74. The highest BCUT2D eigenvalue weighted by atomic mass is 35.5. The van der Waals surface area contributed by atoms with Crippen LogP contribution in [0.2, 0.25) is 5.02 Å². The molecule has 1 fully saturated rings. The first kappa shape index (κ1) is 14.2. The second-order valence-corrected chi connectivity index (χ2v) is 5.78. The summed E-state index contributed by atoms with van der Waals surface area (Å²) in [4.78, 5) is 0. The first-order valence-corrected chi connectivity index (χ1v) is 7.39. The molecule has 0 radical (unpaired) electrons. The minimum absolute atomic E-state index is 0.314. The summed E-state index contributed by atoms with van der Waals surface area (Å²) in [6.45, 7) is 0. The first-order valence-electron chi connectivity index (χ1n) is 7.02. The zero-order valence-corrected chi connectivity index (χ0v) is 12.5. The number of hydrogen-bond acceptors (Lipinski definition) is 2. The van der Waals surface area contributed by atoms with Crippen molar-refractivity contribution in [2.24, 2.45) is 0 Å². The number of methoxy groups -OCH3 is 1. The second-order valence-electron chi connectivity index (χ2n) is 5.38. The van der Waals surface area contributed by atoms with Crippen molar-refractivity contribution in [3.63, 3.8) is 0 Å². The Kier molecular flexibility index (Phi) is 4.02. The Bertz CT molecular complexity index is 640. The summed E-state index contributed by atoms with van der Waals surface area (Å²) in [6, 6.07) is 12.9. The van der Waals surface area contributed by atoms with Gasteiger partial charge in [-0.2, -0.15) is 0 Å². The molecule has 0 unspecified atom stereocenters. The number of benzene rings is 2. The molecule has 0 saturated heterocycles. The molecule has 2 aromatic rings. The zero-order chi connectivity index (χ0) is 14.8. The maximum atomic E-state index is 13.0. The van der Waals surface area contributed by atoms with Crippen LogP contribution in [-0.4, -0.2) is 13.2 Å². The molecule has 2 nitrogen and oxygen atoms in total. The summed E-state index contributed by atoms with van der Waals surface area (Å²) in [5, 5.41) is 3.80. The van der Waals surface area contributed by atoms with Crippen LogP contribution in [0.1, 0.15) is 24.3 Å². The molecule has 0 heterocycles. The third-order valence-corrected chi connectivity index (χ3v) is 4.32. The molecule has 0 amide bonds. The topological polar surface area (TPSA) is 21.3 Å². The Morgan fingerprint density at radius 3 is 2.67 bits per heavy atom. The lowest BCUT2D eigenvalue weighted by Crippen LogP contribution is -2.34. The highest BCUT2D eigenvalue weighted by molar-refractivity contribution is 6.33.